The maximum Gasteiger partial charge on any atom is 0.318 e. The molecule has 0 fully saturated rings. The standard InChI is InChI=1S/C10H10ClNO6S/c11-7-1-3-8(4-2-7)19(17,18)12(5-9(13)14)6-10(15)16/h1-4H,5-6H2,(H,13,14)(H,15,16). The molecule has 0 aromatic heterocycles. The molecule has 0 bridgehead atoms. The summed E-state index contributed by atoms with van der Waals surface area (Å²) in [5.41, 5.74) is 0. The number of benzene rings is 1. The van der Waals surface area contributed by atoms with Gasteiger partial charge in [-0.15, -0.1) is 0 Å². The van der Waals surface area contributed by atoms with Crippen molar-refractivity contribution in [2.75, 3.05) is 13.1 Å². The van der Waals surface area contributed by atoms with Crippen LogP contribution in [0.15, 0.2) is 29.2 Å². The minimum Gasteiger partial charge on any atom is -0.480 e. The van der Waals surface area contributed by atoms with Crippen LogP contribution in [-0.4, -0.2) is 48.0 Å². The quantitative estimate of drug-likeness (QED) is 0.791. The minimum absolute atomic E-state index is 0.223. The fourth-order valence-electron chi connectivity index (χ4n) is 1.28. The summed E-state index contributed by atoms with van der Waals surface area (Å²) in [6.45, 7) is -1.87. The van der Waals surface area contributed by atoms with Gasteiger partial charge >= 0.3 is 11.9 Å². The molecule has 0 amide bonds. The molecule has 0 spiro atoms. The van der Waals surface area contributed by atoms with Crippen LogP contribution in [0, 0.1) is 0 Å². The Hall–Kier alpha value is -1.64. The lowest BCUT2D eigenvalue weighted by Gasteiger charge is -2.18. The molecule has 0 saturated heterocycles. The van der Waals surface area contributed by atoms with Crippen molar-refractivity contribution in [3.8, 4) is 0 Å². The first-order valence-electron chi connectivity index (χ1n) is 4.93. The van der Waals surface area contributed by atoms with Crippen LogP contribution in [0.5, 0.6) is 0 Å². The highest BCUT2D eigenvalue weighted by molar-refractivity contribution is 7.89. The highest BCUT2D eigenvalue weighted by atomic mass is 35.5. The number of sulfonamides is 1. The fourth-order valence-corrected chi connectivity index (χ4v) is 2.75. The van der Waals surface area contributed by atoms with Crippen molar-refractivity contribution in [3.05, 3.63) is 29.3 Å². The van der Waals surface area contributed by atoms with Gasteiger partial charge in [0.1, 0.15) is 13.1 Å². The summed E-state index contributed by atoms with van der Waals surface area (Å²) >= 11 is 5.61. The summed E-state index contributed by atoms with van der Waals surface area (Å²) in [7, 11) is -4.19. The molecular formula is C10H10ClNO6S. The average Bonchev–Trinajstić information content (AvgIpc) is 2.27. The van der Waals surface area contributed by atoms with E-state index in [2.05, 4.69) is 0 Å². The molecule has 9 heteroatoms. The number of rotatable bonds is 6. The van der Waals surface area contributed by atoms with Gasteiger partial charge in [0.05, 0.1) is 4.90 Å². The van der Waals surface area contributed by atoms with Crippen LogP contribution in [0.25, 0.3) is 0 Å². The summed E-state index contributed by atoms with van der Waals surface area (Å²) < 4.78 is 24.5. The molecule has 0 aliphatic rings. The summed E-state index contributed by atoms with van der Waals surface area (Å²) in [6.07, 6.45) is 0. The first kappa shape index (κ1) is 15.4. The number of hydrogen-bond acceptors (Lipinski definition) is 4. The Morgan fingerprint density at radius 2 is 1.47 bits per heavy atom. The van der Waals surface area contributed by atoms with Gasteiger partial charge in [0, 0.05) is 5.02 Å². The van der Waals surface area contributed by atoms with E-state index in [0.29, 0.717) is 9.33 Å². The molecule has 0 heterocycles. The SMILES string of the molecule is O=C(O)CN(CC(=O)O)S(=O)(=O)c1ccc(Cl)cc1. The highest BCUT2D eigenvalue weighted by Gasteiger charge is 2.28. The number of carbonyl (C=O) groups is 2. The van der Waals surface area contributed by atoms with Gasteiger partial charge in [-0.25, -0.2) is 8.42 Å². The summed E-state index contributed by atoms with van der Waals surface area (Å²) in [5.74, 6) is -2.89. The maximum absolute atomic E-state index is 12.1. The van der Waals surface area contributed by atoms with Crippen LogP contribution in [0.4, 0.5) is 0 Å². The highest BCUT2D eigenvalue weighted by Crippen LogP contribution is 2.18. The van der Waals surface area contributed by atoms with Gasteiger partial charge in [-0.1, -0.05) is 11.6 Å². The number of nitrogens with zero attached hydrogens (tertiary/aromatic N) is 1. The average molecular weight is 308 g/mol. The molecule has 0 saturated carbocycles. The number of carboxylic acid groups (broad SMARTS) is 2. The molecule has 104 valence electrons. The largest absolute Gasteiger partial charge is 0.480 e. The number of halogens is 1. The van der Waals surface area contributed by atoms with Crippen molar-refractivity contribution in [2.45, 2.75) is 4.90 Å². The van der Waals surface area contributed by atoms with E-state index in [9.17, 15) is 18.0 Å². The molecule has 0 atom stereocenters. The zero-order valence-corrected chi connectivity index (χ0v) is 11.1. The first-order chi connectivity index (χ1) is 8.73. The third-order valence-corrected chi connectivity index (χ3v) is 4.13. The Morgan fingerprint density at radius 1 is 1.05 bits per heavy atom. The topological polar surface area (TPSA) is 112 Å². The third-order valence-electron chi connectivity index (χ3n) is 2.07. The molecule has 0 radical (unpaired) electrons. The predicted molar refractivity (Wildman–Crippen MR) is 65.5 cm³/mol. The van der Waals surface area contributed by atoms with Crippen molar-refractivity contribution >= 4 is 33.6 Å². The lowest BCUT2D eigenvalue weighted by atomic mass is 10.4. The molecule has 0 aliphatic heterocycles. The number of hydrogen-bond donors (Lipinski definition) is 2. The van der Waals surface area contributed by atoms with E-state index in [1.807, 2.05) is 0 Å². The lowest BCUT2D eigenvalue weighted by molar-refractivity contribution is -0.139. The Balaban J connectivity index is 3.14. The van der Waals surface area contributed by atoms with Crippen molar-refractivity contribution < 1.29 is 28.2 Å². The van der Waals surface area contributed by atoms with E-state index in [1.165, 1.54) is 24.3 Å². The van der Waals surface area contributed by atoms with Crippen LogP contribution in [0.1, 0.15) is 0 Å². The second-order valence-corrected chi connectivity index (χ2v) is 5.89. The Bertz CT molecular complexity index is 567. The molecule has 1 aromatic rings. The second kappa shape index (κ2) is 6.00. The molecule has 0 unspecified atom stereocenters. The van der Waals surface area contributed by atoms with Crippen molar-refractivity contribution in [1.82, 2.24) is 4.31 Å². The van der Waals surface area contributed by atoms with Crippen LogP contribution in [-0.2, 0) is 19.6 Å². The van der Waals surface area contributed by atoms with E-state index >= 15 is 0 Å². The Labute approximate surface area is 114 Å². The Kier molecular flexibility index (Phi) is 4.87. The summed E-state index contributed by atoms with van der Waals surface area (Å²) in [4.78, 5) is 21.0. The smallest absolute Gasteiger partial charge is 0.318 e. The third kappa shape index (κ3) is 4.19. The van der Waals surface area contributed by atoms with Crippen molar-refractivity contribution in [1.29, 1.82) is 0 Å². The predicted octanol–water partition coefficient (Wildman–Crippen LogP) is 0.500. The molecule has 0 aliphatic carbocycles. The monoisotopic (exact) mass is 307 g/mol. The molecular weight excluding hydrogens is 298 g/mol. The molecule has 1 aromatic carbocycles. The van der Waals surface area contributed by atoms with Gasteiger partial charge in [0.15, 0.2) is 0 Å². The van der Waals surface area contributed by atoms with Crippen molar-refractivity contribution in [3.63, 3.8) is 0 Å². The zero-order chi connectivity index (χ0) is 14.6. The van der Waals surface area contributed by atoms with Crippen molar-refractivity contribution in [2.24, 2.45) is 0 Å². The Morgan fingerprint density at radius 3 is 1.84 bits per heavy atom. The molecule has 19 heavy (non-hydrogen) atoms. The van der Waals surface area contributed by atoms with Crippen LogP contribution in [0.3, 0.4) is 0 Å². The molecule has 2 N–H and O–H groups in total. The van der Waals surface area contributed by atoms with E-state index in [1.54, 1.807) is 0 Å². The zero-order valence-electron chi connectivity index (χ0n) is 9.48. The van der Waals surface area contributed by atoms with Gasteiger partial charge in [-0.2, -0.15) is 4.31 Å². The number of aliphatic carboxylic acids is 2. The van der Waals surface area contributed by atoms with Gasteiger partial charge < -0.3 is 10.2 Å². The van der Waals surface area contributed by atoms with Gasteiger partial charge in [-0.3, -0.25) is 9.59 Å². The molecule has 1 rings (SSSR count). The van der Waals surface area contributed by atoms with E-state index in [-0.39, 0.29) is 4.90 Å². The van der Waals surface area contributed by atoms with E-state index < -0.39 is 35.1 Å². The van der Waals surface area contributed by atoms with Crippen LogP contribution < -0.4 is 0 Å². The van der Waals surface area contributed by atoms with Gasteiger partial charge in [0.25, 0.3) is 0 Å². The first-order valence-corrected chi connectivity index (χ1v) is 6.74. The summed E-state index contributed by atoms with van der Waals surface area (Å²) in [6, 6.07) is 4.98. The van der Waals surface area contributed by atoms with Crippen LogP contribution >= 0.6 is 11.6 Å². The molecule has 7 nitrogen and oxygen atoms in total. The lowest BCUT2D eigenvalue weighted by Crippen LogP contribution is -2.39. The summed E-state index contributed by atoms with van der Waals surface area (Å²) in [5, 5.41) is 17.6. The second-order valence-electron chi connectivity index (χ2n) is 3.51. The van der Waals surface area contributed by atoms with Gasteiger partial charge in [-0.05, 0) is 24.3 Å². The fraction of sp³-hybridized carbons (Fsp3) is 0.200. The van der Waals surface area contributed by atoms with E-state index in [0.717, 1.165) is 0 Å². The minimum atomic E-state index is -4.19. The van der Waals surface area contributed by atoms with E-state index in [4.69, 9.17) is 21.8 Å². The normalized spacial score (nSPS) is 11.5. The van der Waals surface area contributed by atoms with Gasteiger partial charge in [0.2, 0.25) is 10.0 Å². The maximum atomic E-state index is 12.1. The number of carboxylic acids is 2. The van der Waals surface area contributed by atoms with Crippen LogP contribution in [0.2, 0.25) is 5.02 Å².